The largest absolute Gasteiger partial charge is 0.468 e. The van der Waals surface area contributed by atoms with Crippen LogP contribution < -0.4 is 0 Å². The lowest BCUT2D eigenvalue weighted by Crippen LogP contribution is -2.30. The Morgan fingerprint density at radius 1 is 1.24 bits per heavy atom. The standard InChI is InChI=1S/C14H19NO2/c1-14(2,3)15-11(12(15)13(16)17-4)10-8-6-5-7-9-10/h5-9,11-12H,1-4H3/t11-,12-,15?/m0/s1. The predicted octanol–water partition coefficient (Wildman–Crippen LogP) is 2.38. The lowest BCUT2D eigenvalue weighted by Gasteiger charge is -2.22. The van der Waals surface area contributed by atoms with E-state index in [-0.39, 0.29) is 23.6 Å². The van der Waals surface area contributed by atoms with Crippen LogP contribution in [0.1, 0.15) is 32.4 Å². The van der Waals surface area contributed by atoms with Crippen LogP contribution in [0.2, 0.25) is 0 Å². The van der Waals surface area contributed by atoms with Crippen molar-refractivity contribution in [2.45, 2.75) is 38.4 Å². The molecule has 0 radical (unpaired) electrons. The first-order valence-electron chi connectivity index (χ1n) is 5.88. The normalized spacial score (nSPS) is 27.6. The average Bonchev–Trinajstić information content (AvgIpc) is 3.04. The number of benzene rings is 1. The van der Waals surface area contributed by atoms with Crippen molar-refractivity contribution in [1.82, 2.24) is 4.90 Å². The van der Waals surface area contributed by atoms with Crippen molar-refractivity contribution in [3.63, 3.8) is 0 Å². The Kier molecular flexibility index (Phi) is 2.96. The van der Waals surface area contributed by atoms with E-state index in [1.165, 1.54) is 12.7 Å². The van der Waals surface area contributed by atoms with Gasteiger partial charge in [-0.15, -0.1) is 0 Å². The summed E-state index contributed by atoms with van der Waals surface area (Å²) in [6, 6.07) is 10.1. The molecule has 17 heavy (non-hydrogen) atoms. The van der Waals surface area contributed by atoms with Gasteiger partial charge in [-0.25, -0.2) is 0 Å². The number of ether oxygens (including phenoxy) is 1. The topological polar surface area (TPSA) is 29.3 Å². The first-order chi connectivity index (χ1) is 7.96. The first kappa shape index (κ1) is 12.1. The second-order valence-corrected chi connectivity index (χ2v) is 5.40. The summed E-state index contributed by atoms with van der Waals surface area (Å²) in [6.45, 7) is 6.35. The van der Waals surface area contributed by atoms with Crippen LogP contribution in [0.3, 0.4) is 0 Å². The number of esters is 1. The molecule has 0 N–H and O–H groups in total. The third kappa shape index (κ3) is 2.20. The number of hydrogen-bond donors (Lipinski definition) is 0. The van der Waals surface area contributed by atoms with Gasteiger partial charge in [-0.1, -0.05) is 30.3 Å². The maximum Gasteiger partial charge on any atom is 0.325 e. The zero-order valence-electron chi connectivity index (χ0n) is 10.8. The Balaban J connectivity index is 2.26. The first-order valence-corrected chi connectivity index (χ1v) is 5.88. The van der Waals surface area contributed by atoms with Gasteiger partial charge in [-0.2, -0.15) is 0 Å². The van der Waals surface area contributed by atoms with Gasteiger partial charge < -0.3 is 4.74 Å². The molecule has 0 aromatic heterocycles. The van der Waals surface area contributed by atoms with Gasteiger partial charge in [0, 0.05) is 5.54 Å². The van der Waals surface area contributed by atoms with Gasteiger partial charge in [-0.3, -0.25) is 9.69 Å². The summed E-state index contributed by atoms with van der Waals surface area (Å²) < 4.78 is 4.87. The van der Waals surface area contributed by atoms with Crippen molar-refractivity contribution in [2.24, 2.45) is 0 Å². The van der Waals surface area contributed by atoms with Crippen LogP contribution in [0, 0.1) is 0 Å². The van der Waals surface area contributed by atoms with Crippen LogP contribution in [-0.4, -0.2) is 29.6 Å². The Morgan fingerprint density at radius 3 is 2.29 bits per heavy atom. The van der Waals surface area contributed by atoms with E-state index >= 15 is 0 Å². The van der Waals surface area contributed by atoms with Crippen LogP contribution in [0.15, 0.2) is 30.3 Å². The van der Waals surface area contributed by atoms with E-state index in [0.717, 1.165) is 0 Å². The van der Waals surface area contributed by atoms with Crippen LogP contribution in [-0.2, 0) is 9.53 Å². The molecule has 0 aliphatic carbocycles. The molecule has 1 aromatic rings. The van der Waals surface area contributed by atoms with E-state index in [1.54, 1.807) is 0 Å². The fraction of sp³-hybridized carbons (Fsp3) is 0.500. The van der Waals surface area contributed by atoms with E-state index in [2.05, 4.69) is 37.8 Å². The number of carbonyl (C=O) groups excluding carboxylic acids is 1. The van der Waals surface area contributed by atoms with Gasteiger partial charge >= 0.3 is 5.97 Å². The molecule has 3 heteroatoms. The van der Waals surface area contributed by atoms with Crippen LogP contribution >= 0.6 is 0 Å². The molecule has 0 bridgehead atoms. The second kappa shape index (κ2) is 4.15. The molecule has 1 unspecified atom stereocenters. The van der Waals surface area contributed by atoms with Gasteiger partial charge in [0.05, 0.1) is 13.2 Å². The molecular formula is C14H19NO2. The molecule has 1 saturated heterocycles. The summed E-state index contributed by atoms with van der Waals surface area (Å²) in [4.78, 5) is 13.9. The fourth-order valence-corrected chi connectivity index (χ4v) is 2.42. The molecule has 1 fully saturated rings. The van der Waals surface area contributed by atoms with Gasteiger partial charge in [0.2, 0.25) is 0 Å². The molecule has 3 atom stereocenters. The van der Waals surface area contributed by atoms with Gasteiger partial charge in [-0.05, 0) is 26.3 Å². The van der Waals surface area contributed by atoms with Crippen molar-refractivity contribution in [1.29, 1.82) is 0 Å². The SMILES string of the molecule is COC(=O)[C@@H]1[C@H](c2ccccc2)N1C(C)(C)C. The minimum absolute atomic E-state index is 0.0284. The Hall–Kier alpha value is -1.35. The number of rotatable bonds is 2. The molecular weight excluding hydrogens is 214 g/mol. The highest BCUT2D eigenvalue weighted by molar-refractivity contribution is 5.81. The lowest BCUT2D eigenvalue weighted by molar-refractivity contribution is -0.141. The van der Waals surface area contributed by atoms with Gasteiger partial charge in [0.15, 0.2) is 0 Å². The average molecular weight is 233 g/mol. The van der Waals surface area contributed by atoms with Crippen molar-refractivity contribution in [2.75, 3.05) is 7.11 Å². The molecule has 2 rings (SSSR count). The quantitative estimate of drug-likeness (QED) is 0.580. The monoisotopic (exact) mass is 233 g/mol. The summed E-state index contributed by atoms with van der Waals surface area (Å²) in [6.07, 6.45) is 0. The second-order valence-electron chi connectivity index (χ2n) is 5.40. The van der Waals surface area contributed by atoms with Crippen LogP contribution in [0.25, 0.3) is 0 Å². The van der Waals surface area contributed by atoms with E-state index < -0.39 is 0 Å². The highest BCUT2D eigenvalue weighted by Crippen LogP contribution is 2.48. The highest BCUT2D eigenvalue weighted by atomic mass is 16.5. The van der Waals surface area contributed by atoms with Gasteiger partial charge in [0.1, 0.15) is 6.04 Å². The van der Waals surface area contributed by atoms with Crippen molar-refractivity contribution in [3.8, 4) is 0 Å². The highest BCUT2D eigenvalue weighted by Gasteiger charge is 2.58. The fourth-order valence-electron chi connectivity index (χ4n) is 2.42. The molecule has 0 amide bonds. The Bertz CT molecular complexity index is 408. The third-order valence-corrected chi connectivity index (χ3v) is 3.17. The van der Waals surface area contributed by atoms with Crippen molar-refractivity contribution < 1.29 is 9.53 Å². The molecule has 1 aromatic carbocycles. The molecule has 0 spiro atoms. The molecule has 1 aliphatic rings. The van der Waals surface area contributed by atoms with Crippen molar-refractivity contribution in [3.05, 3.63) is 35.9 Å². The zero-order valence-corrected chi connectivity index (χ0v) is 10.8. The summed E-state index contributed by atoms with van der Waals surface area (Å²) in [5.74, 6) is -0.145. The lowest BCUT2D eigenvalue weighted by atomic mass is 10.1. The predicted molar refractivity (Wildman–Crippen MR) is 66.6 cm³/mol. The number of carbonyl (C=O) groups is 1. The maximum absolute atomic E-state index is 11.8. The van der Waals surface area contributed by atoms with E-state index in [0.29, 0.717) is 0 Å². The van der Waals surface area contributed by atoms with Gasteiger partial charge in [0.25, 0.3) is 0 Å². The minimum atomic E-state index is -0.145. The summed E-state index contributed by atoms with van der Waals surface area (Å²) in [7, 11) is 1.45. The number of nitrogens with zero attached hydrogens (tertiary/aromatic N) is 1. The Morgan fingerprint density at radius 2 is 1.82 bits per heavy atom. The molecule has 3 nitrogen and oxygen atoms in total. The third-order valence-electron chi connectivity index (χ3n) is 3.17. The van der Waals surface area contributed by atoms with Crippen molar-refractivity contribution >= 4 is 5.97 Å². The molecule has 0 saturated carbocycles. The van der Waals surface area contributed by atoms with E-state index in [9.17, 15) is 4.79 Å². The molecule has 92 valence electrons. The maximum atomic E-state index is 11.8. The number of methoxy groups -OCH3 is 1. The van der Waals surface area contributed by atoms with Crippen LogP contribution in [0.5, 0.6) is 0 Å². The zero-order chi connectivity index (χ0) is 12.6. The number of hydrogen-bond acceptors (Lipinski definition) is 3. The van der Waals surface area contributed by atoms with Crippen LogP contribution in [0.4, 0.5) is 0 Å². The minimum Gasteiger partial charge on any atom is -0.468 e. The van der Waals surface area contributed by atoms with E-state index in [1.807, 2.05) is 18.2 Å². The summed E-state index contributed by atoms with van der Waals surface area (Å²) in [5, 5.41) is 0. The molecule has 1 heterocycles. The molecule has 1 aliphatic heterocycles. The summed E-state index contributed by atoms with van der Waals surface area (Å²) in [5.41, 5.74) is 1.15. The summed E-state index contributed by atoms with van der Waals surface area (Å²) >= 11 is 0. The Labute approximate surface area is 102 Å². The smallest absolute Gasteiger partial charge is 0.325 e. The van der Waals surface area contributed by atoms with E-state index in [4.69, 9.17) is 4.74 Å².